The number of anilines is 1. The quantitative estimate of drug-likeness (QED) is 0.228. The molecule has 1 aliphatic rings. The normalized spacial score (nSPS) is 14.1. The van der Waals surface area contributed by atoms with Crippen molar-refractivity contribution in [1.29, 1.82) is 0 Å². The van der Waals surface area contributed by atoms with Crippen molar-refractivity contribution in [3.8, 4) is 22.9 Å². The molecule has 3 aromatic carbocycles. The summed E-state index contributed by atoms with van der Waals surface area (Å²) in [7, 11) is 1.51. The van der Waals surface area contributed by atoms with Gasteiger partial charge in [0.1, 0.15) is 5.75 Å². The number of rotatable bonds is 6. The maximum absolute atomic E-state index is 11.4. The van der Waals surface area contributed by atoms with Crippen LogP contribution in [0.15, 0.2) is 78.0 Å². The fraction of sp³-hybridized carbons (Fsp3) is 0.125. The number of hydrogen-bond acceptors (Lipinski definition) is 9. The van der Waals surface area contributed by atoms with E-state index < -0.39 is 11.2 Å². The summed E-state index contributed by atoms with van der Waals surface area (Å²) in [6, 6.07) is 21.9. The molecule has 1 N–H and O–H groups in total. The molecular weight excluding hydrogens is 454 g/mol. The Labute approximate surface area is 199 Å². The first-order valence-electron chi connectivity index (χ1n) is 10.4. The van der Waals surface area contributed by atoms with Gasteiger partial charge in [0.15, 0.2) is 5.69 Å². The van der Waals surface area contributed by atoms with Crippen molar-refractivity contribution in [2.75, 3.05) is 12.4 Å². The minimum atomic E-state index is -0.805. The Kier molecular flexibility index (Phi) is 5.96. The Morgan fingerprint density at radius 3 is 2.68 bits per heavy atom. The molecule has 34 heavy (non-hydrogen) atoms. The van der Waals surface area contributed by atoms with Gasteiger partial charge in [0.05, 0.1) is 17.6 Å². The monoisotopic (exact) mass is 473 g/mol. The van der Waals surface area contributed by atoms with Crippen LogP contribution >= 0.6 is 11.8 Å². The molecule has 5 rings (SSSR count). The predicted molar refractivity (Wildman–Crippen MR) is 128 cm³/mol. The largest absolute Gasteiger partial charge is 0.496 e. The first kappa shape index (κ1) is 21.7. The molecule has 0 saturated carbocycles. The molecule has 0 unspecified atom stereocenters. The average Bonchev–Trinajstić information content (AvgIpc) is 3.04. The van der Waals surface area contributed by atoms with Crippen LogP contribution < -0.4 is 14.8 Å². The second-order valence-corrected chi connectivity index (χ2v) is 8.34. The van der Waals surface area contributed by atoms with Crippen LogP contribution in [0.2, 0.25) is 0 Å². The van der Waals surface area contributed by atoms with Crippen LogP contribution in [0.4, 0.5) is 11.4 Å². The molecule has 0 spiro atoms. The smallest absolute Gasteiger partial charge is 0.270 e. The van der Waals surface area contributed by atoms with Crippen LogP contribution in [-0.4, -0.2) is 27.2 Å². The number of hydrogen-bond donors (Lipinski definition) is 1. The highest BCUT2D eigenvalue weighted by Gasteiger charge is 2.29. The van der Waals surface area contributed by atoms with E-state index in [1.54, 1.807) is 6.07 Å². The molecular formula is C24H19N5O4S. The number of nitrogens with zero attached hydrogens (tertiary/aromatic N) is 4. The minimum Gasteiger partial charge on any atom is -0.496 e. The molecule has 4 aromatic rings. The summed E-state index contributed by atoms with van der Waals surface area (Å²) in [5.41, 5.74) is 3.53. The van der Waals surface area contributed by atoms with E-state index in [1.807, 2.05) is 54.6 Å². The summed E-state index contributed by atoms with van der Waals surface area (Å²) >= 11 is 1.45. The molecule has 1 aliphatic heterocycles. The SMILES string of the molecule is COc1ccc([N+](=O)[O-])cc1[C@H]1Nc2ccccc2-c2nnc(SCc3ccccc3)nc2O1. The molecule has 0 bridgehead atoms. The van der Waals surface area contributed by atoms with Gasteiger partial charge in [-0.05, 0) is 17.7 Å². The Morgan fingerprint density at radius 1 is 1.09 bits per heavy atom. The number of nitrogens with one attached hydrogen (secondary N) is 1. The number of methoxy groups -OCH3 is 1. The van der Waals surface area contributed by atoms with Crippen molar-refractivity contribution in [3.63, 3.8) is 0 Å². The van der Waals surface area contributed by atoms with Gasteiger partial charge in [-0.25, -0.2) is 0 Å². The third-order valence-electron chi connectivity index (χ3n) is 5.25. The number of nitro groups is 1. The topological polar surface area (TPSA) is 112 Å². The zero-order chi connectivity index (χ0) is 23.5. The molecule has 0 amide bonds. The maximum atomic E-state index is 11.4. The first-order valence-corrected chi connectivity index (χ1v) is 11.4. The number of aromatic nitrogens is 3. The van der Waals surface area contributed by atoms with Crippen LogP contribution in [-0.2, 0) is 5.75 Å². The molecule has 0 aliphatic carbocycles. The summed E-state index contributed by atoms with van der Waals surface area (Å²) in [6.45, 7) is 0. The van der Waals surface area contributed by atoms with E-state index in [1.165, 1.54) is 31.0 Å². The summed E-state index contributed by atoms with van der Waals surface area (Å²) < 4.78 is 11.7. The molecule has 1 aromatic heterocycles. The van der Waals surface area contributed by atoms with Gasteiger partial charge in [-0.3, -0.25) is 10.1 Å². The second kappa shape index (κ2) is 9.36. The standard InChI is InChI=1S/C24H19N5O4S/c1-32-20-12-11-16(29(30)31)13-18(20)22-25-19-10-6-5-9-17(19)21-23(33-22)26-24(28-27-21)34-14-15-7-3-2-4-8-15/h2-13,22,25H,14H2,1H3/t22-/m0/s1. The van der Waals surface area contributed by atoms with Crippen LogP contribution in [0.25, 0.3) is 11.3 Å². The van der Waals surface area contributed by atoms with Crippen LogP contribution in [0, 0.1) is 10.1 Å². The fourth-order valence-electron chi connectivity index (χ4n) is 3.61. The molecule has 0 saturated heterocycles. The highest BCUT2D eigenvalue weighted by molar-refractivity contribution is 7.98. The molecule has 0 radical (unpaired) electrons. The molecule has 170 valence electrons. The van der Waals surface area contributed by atoms with E-state index in [0.717, 1.165) is 16.8 Å². The number of fused-ring (bicyclic) bond motifs is 3. The lowest BCUT2D eigenvalue weighted by molar-refractivity contribution is -0.385. The summed E-state index contributed by atoms with van der Waals surface area (Å²) in [5, 5.41) is 23.9. The van der Waals surface area contributed by atoms with Crippen molar-refractivity contribution in [2.24, 2.45) is 0 Å². The van der Waals surface area contributed by atoms with Crippen LogP contribution in [0.5, 0.6) is 11.6 Å². The van der Waals surface area contributed by atoms with Gasteiger partial charge in [-0.1, -0.05) is 60.3 Å². The van der Waals surface area contributed by atoms with Crippen molar-refractivity contribution < 1.29 is 14.4 Å². The Morgan fingerprint density at radius 2 is 1.88 bits per heavy atom. The second-order valence-electron chi connectivity index (χ2n) is 7.39. The van der Waals surface area contributed by atoms with E-state index in [4.69, 9.17) is 9.47 Å². The van der Waals surface area contributed by atoms with Crippen molar-refractivity contribution >= 4 is 23.1 Å². The number of benzene rings is 3. The maximum Gasteiger partial charge on any atom is 0.270 e. The highest BCUT2D eigenvalue weighted by atomic mass is 32.2. The van der Waals surface area contributed by atoms with Gasteiger partial charge in [0.2, 0.25) is 17.3 Å². The van der Waals surface area contributed by atoms with E-state index in [0.29, 0.717) is 27.9 Å². The third-order valence-corrected chi connectivity index (χ3v) is 6.16. The Hall–Kier alpha value is -4.18. The Balaban J connectivity index is 1.54. The van der Waals surface area contributed by atoms with Crippen LogP contribution in [0.1, 0.15) is 17.4 Å². The lowest BCUT2D eigenvalue weighted by Gasteiger charge is -2.21. The van der Waals surface area contributed by atoms with Gasteiger partial charge in [-0.15, -0.1) is 10.2 Å². The fourth-order valence-corrected chi connectivity index (χ4v) is 4.35. The van der Waals surface area contributed by atoms with Crippen LogP contribution in [0.3, 0.4) is 0 Å². The van der Waals surface area contributed by atoms with Crippen molar-refractivity contribution in [1.82, 2.24) is 15.2 Å². The molecule has 10 heteroatoms. The lowest BCUT2D eigenvalue weighted by atomic mass is 10.1. The van der Waals surface area contributed by atoms with Crippen molar-refractivity contribution in [2.45, 2.75) is 17.1 Å². The number of para-hydroxylation sites is 1. The van der Waals surface area contributed by atoms with E-state index in [2.05, 4.69) is 20.5 Å². The zero-order valence-corrected chi connectivity index (χ0v) is 18.9. The van der Waals surface area contributed by atoms with E-state index in [-0.39, 0.29) is 11.6 Å². The average molecular weight is 474 g/mol. The number of thioether (sulfide) groups is 1. The summed E-state index contributed by atoms with van der Waals surface area (Å²) in [4.78, 5) is 15.6. The molecule has 0 fully saturated rings. The number of nitro benzene ring substituents is 1. The minimum absolute atomic E-state index is 0.0705. The van der Waals surface area contributed by atoms with Gasteiger partial charge in [-0.2, -0.15) is 4.98 Å². The molecule has 9 nitrogen and oxygen atoms in total. The Bertz CT molecular complexity index is 1350. The zero-order valence-electron chi connectivity index (χ0n) is 18.0. The summed E-state index contributed by atoms with van der Waals surface area (Å²) in [5.74, 6) is 1.41. The number of non-ortho nitro benzene ring substituents is 1. The van der Waals surface area contributed by atoms with Gasteiger partial charge >= 0.3 is 0 Å². The van der Waals surface area contributed by atoms with Gasteiger partial charge in [0.25, 0.3) is 5.69 Å². The predicted octanol–water partition coefficient (Wildman–Crippen LogP) is 5.25. The summed E-state index contributed by atoms with van der Waals surface area (Å²) in [6.07, 6.45) is -0.805. The third kappa shape index (κ3) is 4.35. The van der Waals surface area contributed by atoms with Gasteiger partial charge in [0, 0.05) is 29.1 Å². The highest BCUT2D eigenvalue weighted by Crippen LogP contribution is 2.41. The van der Waals surface area contributed by atoms with Gasteiger partial charge < -0.3 is 14.8 Å². The van der Waals surface area contributed by atoms with E-state index >= 15 is 0 Å². The number of ether oxygens (including phenoxy) is 2. The lowest BCUT2D eigenvalue weighted by Crippen LogP contribution is -2.18. The van der Waals surface area contributed by atoms with E-state index in [9.17, 15) is 10.1 Å². The first-order chi connectivity index (χ1) is 16.6. The van der Waals surface area contributed by atoms with Crippen molar-refractivity contribution in [3.05, 3.63) is 94.0 Å². The molecule has 1 atom stereocenters. The molecule has 2 heterocycles.